The third-order valence-corrected chi connectivity index (χ3v) is 3.64. The molecule has 17 heavy (non-hydrogen) atoms. The SMILES string of the molecule is O=C1OC(=O)c2c1ccc1c2CCCCCC1. The minimum Gasteiger partial charge on any atom is -0.386 e. The summed E-state index contributed by atoms with van der Waals surface area (Å²) in [4.78, 5) is 23.2. The molecule has 0 saturated carbocycles. The Morgan fingerprint density at radius 2 is 1.65 bits per heavy atom. The maximum absolute atomic E-state index is 11.7. The Bertz CT molecular complexity index is 502. The Labute approximate surface area is 99.8 Å². The molecule has 0 N–H and O–H groups in total. The molecule has 1 heterocycles. The van der Waals surface area contributed by atoms with Crippen molar-refractivity contribution < 1.29 is 14.3 Å². The van der Waals surface area contributed by atoms with Crippen molar-refractivity contribution in [3.05, 3.63) is 34.4 Å². The summed E-state index contributed by atoms with van der Waals surface area (Å²) >= 11 is 0. The van der Waals surface area contributed by atoms with Crippen LogP contribution in [0.5, 0.6) is 0 Å². The number of hydrogen-bond acceptors (Lipinski definition) is 3. The molecule has 88 valence electrons. The first-order chi connectivity index (χ1) is 8.27. The van der Waals surface area contributed by atoms with E-state index in [-0.39, 0.29) is 0 Å². The average molecular weight is 230 g/mol. The number of fused-ring (bicyclic) bond motifs is 3. The summed E-state index contributed by atoms with van der Waals surface area (Å²) in [5.41, 5.74) is 3.26. The molecule has 0 amide bonds. The number of esters is 2. The maximum atomic E-state index is 11.7. The van der Waals surface area contributed by atoms with Gasteiger partial charge in [0.2, 0.25) is 0 Å². The second-order valence-corrected chi connectivity index (χ2v) is 4.72. The second-order valence-electron chi connectivity index (χ2n) is 4.72. The minimum atomic E-state index is -0.491. The van der Waals surface area contributed by atoms with E-state index in [0.29, 0.717) is 11.1 Å². The van der Waals surface area contributed by atoms with Crippen molar-refractivity contribution in [3.63, 3.8) is 0 Å². The lowest BCUT2D eigenvalue weighted by Crippen LogP contribution is -2.07. The van der Waals surface area contributed by atoms with Gasteiger partial charge in [-0.15, -0.1) is 0 Å². The molecule has 0 bridgehead atoms. The van der Waals surface area contributed by atoms with Crippen molar-refractivity contribution in [2.75, 3.05) is 0 Å². The standard InChI is InChI=1S/C14H14O3/c15-13-11-8-7-9-5-3-1-2-4-6-10(9)12(11)14(16)17-13/h7-8H,1-6H2. The largest absolute Gasteiger partial charge is 0.386 e. The molecule has 1 aliphatic carbocycles. The van der Waals surface area contributed by atoms with E-state index < -0.39 is 11.9 Å². The molecule has 3 nitrogen and oxygen atoms in total. The van der Waals surface area contributed by atoms with E-state index in [4.69, 9.17) is 4.74 Å². The lowest BCUT2D eigenvalue weighted by atomic mass is 9.88. The molecule has 1 aliphatic heterocycles. The number of carbonyl (C=O) groups is 2. The van der Waals surface area contributed by atoms with Crippen LogP contribution in [-0.4, -0.2) is 11.9 Å². The summed E-state index contributed by atoms with van der Waals surface area (Å²) < 4.78 is 4.69. The molecule has 0 unspecified atom stereocenters. The zero-order valence-electron chi connectivity index (χ0n) is 9.62. The van der Waals surface area contributed by atoms with Gasteiger partial charge in [-0.25, -0.2) is 9.59 Å². The summed E-state index contributed by atoms with van der Waals surface area (Å²) in [6.07, 6.45) is 6.59. The van der Waals surface area contributed by atoms with Crippen LogP contribution in [0.4, 0.5) is 0 Å². The number of aryl methyl sites for hydroxylation is 1. The predicted molar refractivity (Wildman–Crippen MR) is 62.1 cm³/mol. The first-order valence-corrected chi connectivity index (χ1v) is 6.18. The molecular formula is C14H14O3. The molecule has 0 aromatic heterocycles. The summed E-state index contributed by atoms with van der Waals surface area (Å²) in [5, 5.41) is 0. The first kappa shape index (κ1) is 10.5. The lowest BCUT2D eigenvalue weighted by molar-refractivity contribution is 0.0443. The first-order valence-electron chi connectivity index (χ1n) is 6.18. The highest BCUT2D eigenvalue weighted by atomic mass is 16.6. The topological polar surface area (TPSA) is 43.4 Å². The molecule has 3 rings (SSSR count). The molecule has 0 spiro atoms. The molecular weight excluding hydrogens is 216 g/mol. The normalized spacial score (nSPS) is 19.1. The maximum Gasteiger partial charge on any atom is 0.347 e. The third kappa shape index (κ3) is 1.66. The highest BCUT2D eigenvalue weighted by Gasteiger charge is 2.33. The van der Waals surface area contributed by atoms with Crippen LogP contribution in [0.15, 0.2) is 12.1 Å². The number of rotatable bonds is 0. The summed E-state index contributed by atoms with van der Waals surface area (Å²) in [6, 6.07) is 3.72. The smallest absolute Gasteiger partial charge is 0.347 e. The summed E-state index contributed by atoms with van der Waals surface area (Å²) in [5.74, 6) is -0.947. The van der Waals surface area contributed by atoms with Crippen LogP contribution in [0.25, 0.3) is 0 Å². The monoisotopic (exact) mass is 230 g/mol. The van der Waals surface area contributed by atoms with Crippen molar-refractivity contribution in [1.29, 1.82) is 0 Å². The molecule has 0 atom stereocenters. The molecule has 1 aromatic carbocycles. The van der Waals surface area contributed by atoms with E-state index in [9.17, 15) is 9.59 Å². The van der Waals surface area contributed by atoms with E-state index in [1.165, 1.54) is 18.4 Å². The second kappa shape index (κ2) is 3.99. The number of ether oxygens (including phenoxy) is 1. The quantitative estimate of drug-likeness (QED) is 0.508. The van der Waals surface area contributed by atoms with E-state index in [0.717, 1.165) is 31.2 Å². The fourth-order valence-corrected chi connectivity index (χ4v) is 2.77. The predicted octanol–water partition coefficient (Wildman–Crippen LogP) is 2.66. The molecule has 0 saturated heterocycles. The van der Waals surface area contributed by atoms with Crippen LogP contribution in [0, 0.1) is 0 Å². The van der Waals surface area contributed by atoms with E-state index >= 15 is 0 Å². The van der Waals surface area contributed by atoms with Gasteiger partial charge in [-0.2, -0.15) is 0 Å². The minimum absolute atomic E-state index is 0.453. The molecule has 0 fully saturated rings. The number of hydrogen-bond donors (Lipinski definition) is 0. The Balaban J connectivity index is 2.15. The van der Waals surface area contributed by atoms with Crippen molar-refractivity contribution >= 4 is 11.9 Å². The van der Waals surface area contributed by atoms with Crippen LogP contribution < -0.4 is 0 Å². The van der Waals surface area contributed by atoms with Crippen molar-refractivity contribution in [2.24, 2.45) is 0 Å². The Morgan fingerprint density at radius 3 is 2.47 bits per heavy atom. The van der Waals surface area contributed by atoms with Crippen LogP contribution in [0.2, 0.25) is 0 Å². The highest BCUT2D eigenvalue weighted by Crippen LogP contribution is 2.30. The number of cyclic esters (lactones) is 2. The van der Waals surface area contributed by atoms with Gasteiger partial charge >= 0.3 is 11.9 Å². The Morgan fingerprint density at radius 1 is 0.882 bits per heavy atom. The van der Waals surface area contributed by atoms with Crippen molar-refractivity contribution in [1.82, 2.24) is 0 Å². The fraction of sp³-hybridized carbons (Fsp3) is 0.429. The van der Waals surface area contributed by atoms with Gasteiger partial charge in [0.25, 0.3) is 0 Å². The van der Waals surface area contributed by atoms with Gasteiger partial charge in [-0.05, 0) is 42.9 Å². The van der Waals surface area contributed by atoms with Gasteiger partial charge in [-0.1, -0.05) is 18.9 Å². The van der Waals surface area contributed by atoms with Gasteiger partial charge in [0, 0.05) is 0 Å². The van der Waals surface area contributed by atoms with E-state index in [2.05, 4.69) is 0 Å². The number of carbonyl (C=O) groups excluding carboxylic acids is 2. The summed E-state index contributed by atoms with van der Waals surface area (Å²) in [6.45, 7) is 0. The zero-order valence-corrected chi connectivity index (χ0v) is 9.62. The molecule has 1 aromatic rings. The summed E-state index contributed by atoms with van der Waals surface area (Å²) in [7, 11) is 0. The van der Waals surface area contributed by atoms with Gasteiger partial charge in [-0.3, -0.25) is 0 Å². The highest BCUT2D eigenvalue weighted by molar-refractivity contribution is 6.15. The Hall–Kier alpha value is -1.64. The van der Waals surface area contributed by atoms with Gasteiger partial charge < -0.3 is 4.74 Å². The van der Waals surface area contributed by atoms with Crippen molar-refractivity contribution in [3.8, 4) is 0 Å². The van der Waals surface area contributed by atoms with Gasteiger partial charge in [0.05, 0.1) is 11.1 Å². The van der Waals surface area contributed by atoms with Crippen LogP contribution in [0.3, 0.4) is 0 Å². The van der Waals surface area contributed by atoms with Crippen LogP contribution >= 0.6 is 0 Å². The molecule has 3 heteroatoms. The van der Waals surface area contributed by atoms with Gasteiger partial charge in [0.1, 0.15) is 0 Å². The molecule has 0 radical (unpaired) electrons. The average Bonchev–Trinajstić information content (AvgIpc) is 2.55. The van der Waals surface area contributed by atoms with E-state index in [1.54, 1.807) is 6.07 Å². The lowest BCUT2D eigenvalue weighted by Gasteiger charge is -2.15. The Kier molecular flexibility index (Phi) is 2.46. The van der Waals surface area contributed by atoms with E-state index in [1.807, 2.05) is 6.07 Å². The zero-order chi connectivity index (χ0) is 11.8. The number of benzene rings is 1. The third-order valence-electron chi connectivity index (χ3n) is 3.64. The van der Waals surface area contributed by atoms with Crippen molar-refractivity contribution in [2.45, 2.75) is 38.5 Å². The van der Waals surface area contributed by atoms with Crippen LogP contribution in [0.1, 0.15) is 57.5 Å². The molecule has 2 aliphatic rings. The fourth-order valence-electron chi connectivity index (χ4n) is 2.77. The van der Waals surface area contributed by atoms with Gasteiger partial charge in [0.15, 0.2) is 0 Å². The van der Waals surface area contributed by atoms with Crippen LogP contribution in [-0.2, 0) is 17.6 Å².